The molecule has 1 saturated heterocycles. The van der Waals surface area contributed by atoms with E-state index in [9.17, 15) is 14.7 Å². The van der Waals surface area contributed by atoms with E-state index in [1.54, 1.807) is 18.2 Å². The van der Waals surface area contributed by atoms with Crippen LogP contribution < -0.4 is 10.2 Å². The van der Waals surface area contributed by atoms with Crippen molar-refractivity contribution in [1.82, 2.24) is 4.90 Å². The van der Waals surface area contributed by atoms with Crippen molar-refractivity contribution in [2.45, 2.75) is 25.4 Å². The molecule has 2 amide bonds. The third-order valence-electron chi connectivity index (χ3n) is 6.37. The maximum Gasteiger partial charge on any atom is 0.227 e. The molecule has 1 aliphatic rings. The predicted molar refractivity (Wildman–Crippen MR) is 145 cm³/mol. The second kappa shape index (κ2) is 12.3. The number of aliphatic hydroxyl groups is 1. The zero-order chi connectivity index (χ0) is 25.5. The van der Waals surface area contributed by atoms with Crippen LogP contribution in [0.5, 0.6) is 0 Å². The van der Waals surface area contributed by atoms with Crippen molar-refractivity contribution in [3.63, 3.8) is 0 Å². The second-order valence-corrected chi connectivity index (χ2v) is 9.62. The number of hydrogen-bond donors (Lipinski definition) is 2. The molecular weight excluding hydrogens is 497 g/mol. The maximum atomic E-state index is 12.8. The highest BCUT2D eigenvalue weighted by Crippen LogP contribution is 2.26. The van der Waals surface area contributed by atoms with Crippen molar-refractivity contribution in [2.75, 3.05) is 36.4 Å². The Morgan fingerprint density at radius 1 is 0.861 bits per heavy atom. The molecular formula is C28H29Cl2N3O3. The molecule has 0 spiro atoms. The Morgan fingerprint density at radius 3 is 2.14 bits per heavy atom. The fourth-order valence-electron chi connectivity index (χ4n) is 4.27. The maximum absolute atomic E-state index is 12.8. The number of rotatable bonds is 8. The Hall–Kier alpha value is -3.06. The van der Waals surface area contributed by atoms with E-state index in [2.05, 4.69) is 10.2 Å². The minimum absolute atomic E-state index is 0.0140. The number of benzene rings is 3. The van der Waals surface area contributed by atoms with Gasteiger partial charge < -0.3 is 20.2 Å². The smallest absolute Gasteiger partial charge is 0.227 e. The van der Waals surface area contributed by atoms with Crippen LogP contribution in [0.1, 0.15) is 30.1 Å². The number of aliphatic hydroxyl groups excluding tert-OH is 1. The number of nitrogens with zero attached hydrogens (tertiary/aromatic N) is 2. The van der Waals surface area contributed by atoms with Crippen LogP contribution in [0.15, 0.2) is 72.8 Å². The minimum Gasteiger partial charge on any atom is -0.388 e. The normalized spacial score (nSPS) is 14.4. The van der Waals surface area contributed by atoms with Gasteiger partial charge in [0.05, 0.1) is 12.5 Å². The summed E-state index contributed by atoms with van der Waals surface area (Å²) in [5.74, 6) is -0.122. The lowest BCUT2D eigenvalue weighted by atomic mass is 10.0. The molecule has 1 atom stereocenters. The number of halogens is 2. The van der Waals surface area contributed by atoms with E-state index < -0.39 is 6.10 Å². The minimum atomic E-state index is -0.661. The van der Waals surface area contributed by atoms with E-state index in [1.807, 2.05) is 59.5 Å². The average Bonchev–Trinajstić information content (AvgIpc) is 2.90. The number of anilines is 2. The Morgan fingerprint density at radius 2 is 1.50 bits per heavy atom. The summed E-state index contributed by atoms with van der Waals surface area (Å²) >= 11 is 12.4. The van der Waals surface area contributed by atoms with Crippen molar-refractivity contribution in [1.29, 1.82) is 0 Å². The van der Waals surface area contributed by atoms with Gasteiger partial charge in [0, 0.05) is 54.0 Å². The van der Waals surface area contributed by atoms with Crippen LogP contribution in [-0.4, -0.2) is 48.0 Å². The van der Waals surface area contributed by atoms with E-state index in [4.69, 9.17) is 23.2 Å². The van der Waals surface area contributed by atoms with Crippen molar-refractivity contribution in [3.05, 3.63) is 94.0 Å². The van der Waals surface area contributed by atoms with Gasteiger partial charge in [0.1, 0.15) is 0 Å². The Balaban J connectivity index is 1.23. The first kappa shape index (κ1) is 26.0. The number of nitrogens with one attached hydrogen (secondary N) is 1. The van der Waals surface area contributed by atoms with Gasteiger partial charge in [0.15, 0.2) is 0 Å². The summed E-state index contributed by atoms with van der Waals surface area (Å²) in [6, 6.07) is 22.3. The van der Waals surface area contributed by atoms with E-state index in [-0.39, 0.29) is 24.7 Å². The average molecular weight is 526 g/mol. The van der Waals surface area contributed by atoms with Crippen molar-refractivity contribution in [3.8, 4) is 0 Å². The van der Waals surface area contributed by atoms with E-state index >= 15 is 0 Å². The summed E-state index contributed by atoms with van der Waals surface area (Å²) in [7, 11) is 0. The van der Waals surface area contributed by atoms with E-state index in [0.717, 1.165) is 11.3 Å². The van der Waals surface area contributed by atoms with Crippen LogP contribution in [0, 0.1) is 0 Å². The van der Waals surface area contributed by atoms with E-state index in [1.165, 1.54) is 0 Å². The fraction of sp³-hybridized carbons (Fsp3) is 0.286. The molecule has 0 saturated carbocycles. The molecule has 1 aliphatic heterocycles. The number of hydrogen-bond acceptors (Lipinski definition) is 4. The molecule has 0 radical (unpaired) electrons. The molecule has 36 heavy (non-hydrogen) atoms. The topological polar surface area (TPSA) is 72.9 Å². The molecule has 0 bridgehead atoms. The highest BCUT2D eigenvalue weighted by Gasteiger charge is 2.23. The first-order valence-corrected chi connectivity index (χ1v) is 12.7. The lowest BCUT2D eigenvalue weighted by Crippen LogP contribution is -2.49. The lowest BCUT2D eigenvalue weighted by Gasteiger charge is -2.36. The zero-order valence-electron chi connectivity index (χ0n) is 19.9. The molecule has 0 aliphatic carbocycles. The van der Waals surface area contributed by atoms with Gasteiger partial charge >= 0.3 is 0 Å². The van der Waals surface area contributed by atoms with Crippen LogP contribution in [0.25, 0.3) is 0 Å². The Bertz CT molecular complexity index is 1160. The van der Waals surface area contributed by atoms with Crippen molar-refractivity contribution >= 4 is 46.4 Å². The third kappa shape index (κ3) is 6.78. The van der Waals surface area contributed by atoms with Crippen molar-refractivity contribution in [2.24, 2.45) is 0 Å². The Kier molecular flexibility index (Phi) is 8.86. The number of carbonyl (C=O) groups excluding carboxylic acids is 2. The quantitative estimate of drug-likeness (QED) is 0.416. The SMILES string of the molecule is O=C(CCC(O)c1ccccc1)Nc1ccc(N2CCN(C(=O)Cc3c(Cl)cccc3Cl)CC2)cc1. The standard InChI is InChI=1S/C28H29Cl2N3O3/c29-24-7-4-8-25(30)23(24)19-28(36)33-17-15-32(16-18-33)22-11-9-21(10-12-22)31-27(35)14-13-26(34)20-5-2-1-3-6-20/h1-12,26,34H,13-19H2,(H,31,35). The molecule has 8 heteroatoms. The molecule has 188 valence electrons. The number of amides is 2. The molecule has 3 aromatic rings. The highest BCUT2D eigenvalue weighted by molar-refractivity contribution is 6.36. The molecule has 1 unspecified atom stereocenters. The van der Waals surface area contributed by atoms with Crippen LogP contribution in [0.3, 0.4) is 0 Å². The van der Waals surface area contributed by atoms with Gasteiger partial charge in [-0.1, -0.05) is 59.6 Å². The highest BCUT2D eigenvalue weighted by atomic mass is 35.5. The van der Waals surface area contributed by atoms with Gasteiger partial charge in [-0.2, -0.15) is 0 Å². The monoisotopic (exact) mass is 525 g/mol. The molecule has 6 nitrogen and oxygen atoms in total. The molecule has 3 aromatic carbocycles. The van der Waals surface area contributed by atoms with Gasteiger partial charge in [0.2, 0.25) is 11.8 Å². The van der Waals surface area contributed by atoms with Crippen LogP contribution in [0.2, 0.25) is 10.0 Å². The number of carbonyl (C=O) groups is 2. The molecule has 1 fully saturated rings. The number of piperazine rings is 1. The van der Waals surface area contributed by atoms with Gasteiger partial charge in [0.25, 0.3) is 0 Å². The first-order valence-electron chi connectivity index (χ1n) is 12.0. The van der Waals surface area contributed by atoms with Crippen LogP contribution in [0.4, 0.5) is 11.4 Å². The summed E-state index contributed by atoms with van der Waals surface area (Å²) in [6.45, 7) is 2.66. The predicted octanol–water partition coefficient (Wildman–Crippen LogP) is 5.34. The third-order valence-corrected chi connectivity index (χ3v) is 7.08. The van der Waals surface area contributed by atoms with Crippen LogP contribution >= 0.6 is 23.2 Å². The lowest BCUT2D eigenvalue weighted by molar-refractivity contribution is -0.130. The van der Waals surface area contributed by atoms with Gasteiger partial charge in [-0.25, -0.2) is 0 Å². The second-order valence-electron chi connectivity index (χ2n) is 8.81. The molecule has 0 aromatic heterocycles. The fourth-order valence-corrected chi connectivity index (χ4v) is 4.80. The van der Waals surface area contributed by atoms with Gasteiger partial charge in [-0.15, -0.1) is 0 Å². The van der Waals surface area contributed by atoms with E-state index in [0.29, 0.717) is 53.9 Å². The van der Waals surface area contributed by atoms with Gasteiger partial charge in [-0.05, 0) is 53.9 Å². The zero-order valence-corrected chi connectivity index (χ0v) is 21.4. The van der Waals surface area contributed by atoms with Gasteiger partial charge in [-0.3, -0.25) is 9.59 Å². The molecule has 4 rings (SSSR count). The summed E-state index contributed by atoms with van der Waals surface area (Å²) in [5, 5.41) is 14.2. The summed E-state index contributed by atoms with van der Waals surface area (Å²) in [5.41, 5.74) is 3.22. The molecule has 2 N–H and O–H groups in total. The van der Waals surface area contributed by atoms with Crippen molar-refractivity contribution < 1.29 is 14.7 Å². The largest absolute Gasteiger partial charge is 0.388 e. The summed E-state index contributed by atoms with van der Waals surface area (Å²) in [6.07, 6.45) is 0.119. The van der Waals surface area contributed by atoms with Crippen LogP contribution in [-0.2, 0) is 16.0 Å². The Labute approximate surface area is 221 Å². The summed E-state index contributed by atoms with van der Waals surface area (Å²) < 4.78 is 0. The summed E-state index contributed by atoms with van der Waals surface area (Å²) in [4.78, 5) is 29.2. The first-order chi connectivity index (χ1) is 17.4. The molecule has 1 heterocycles.